The van der Waals surface area contributed by atoms with Crippen LogP contribution in [-0.2, 0) is 15.8 Å². The standard InChI is InChI=1S/C18H21ClF3N5O3/c1-3-17(2)15(29)27(16(30)24-17)10-13(28)25-4-6-26(7-5-25)14-12(19)8-11(9-23-14)18(20,21)22/h8-9H,3-7,10H2,1-2H3,(H,24,30). The Bertz CT molecular complexity index is 873. The predicted molar refractivity (Wildman–Crippen MR) is 102 cm³/mol. The van der Waals surface area contributed by atoms with Crippen LogP contribution >= 0.6 is 11.6 Å². The molecule has 12 heteroatoms. The predicted octanol–water partition coefficient (Wildman–Crippen LogP) is 2.12. The van der Waals surface area contributed by atoms with Crippen LogP contribution in [0.15, 0.2) is 12.3 Å². The molecule has 1 atom stereocenters. The Labute approximate surface area is 175 Å². The molecule has 3 rings (SSSR count). The van der Waals surface area contributed by atoms with Gasteiger partial charge in [0.1, 0.15) is 17.9 Å². The fourth-order valence-electron chi connectivity index (χ4n) is 3.35. The molecule has 0 spiro atoms. The third-order valence-electron chi connectivity index (χ3n) is 5.43. The van der Waals surface area contributed by atoms with Crippen LogP contribution in [0.2, 0.25) is 5.02 Å². The van der Waals surface area contributed by atoms with E-state index in [-0.39, 0.29) is 36.4 Å². The van der Waals surface area contributed by atoms with E-state index < -0.39 is 29.2 Å². The minimum absolute atomic E-state index is 0.122. The summed E-state index contributed by atoms with van der Waals surface area (Å²) in [6.07, 6.45) is -3.41. The molecule has 2 aliphatic rings. The molecular weight excluding hydrogens is 427 g/mol. The van der Waals surface area contributed by atoms with Gasteiger partial charge in [0.15, 0.2) is 0 Å². The van der Waals surface area contributed by atoms with Crippen LogP contribution in [0.1, 0.15) is 25.8 Å². The van der Waals surface area contributed by atoms with E-state index >= 15 is 0 Å². The number of imide groups is 1. The molecule has 0 saturated carbocycles. The van der Waals surface area contributed by atoms with Crippen molar-refractivity contribution in [2.24, 2.45) is 0 Å². The van der Waals surface area contributed by atoms with Crippen LogP contribution in [0, 0.1) is 0 Å². The SMILES string of the molecule is CCC1(C)NC(=O)N(CC(=O)N2CCN(c3ncc(C(F)(F)F)cc3Cl)CC2)C1=O. The van der Waals surface area contributed by atoms with E-state index in [1.54, 1.807) is 18.7 Å². The summed E-state index contributed by atoms with van der Waals surface area (Å²) in [5.41, 5.74) is -1.95. The number of alkyl halides is 3. The number of hydrogen-bond donors (Lipinski definition) is 1. The minimum Gasteiger partial charge on any atom is -0.352 e. The first-order chi connectivity index (χ1) is 14.0. The molecule has 0 aliphatic carbocycles. The van der Waals surface area contributed by atoms with Crippen molar-refractivity contribution in [2.45, 2.75) is 32.0 Å². The lowest BCUT2D eigenvalue weighted by Gasteiger charge is -2.36. The Morgan fingerprint density at radius 1 is 1.27 bits per heavy atom. The van der Waals surface area contributed by atoms with Gasteiger partial charge in [-0.2, -0.15) is 13.2 Å². The fraction of sp³-hybridized carbons (Fsp3) is 0.556. The second kappa shape index (κ2) is 7.93. The van der Waals surface area contributed by atoms with Crippen LogP contribution < -0.4 is 10.2 Å². The number of rotatable bonds is 4. The molecular formula is C18H21ClF3N5O3. The number of halogens is 4. The molecule has 1 aromatic rings. The van der Waals surface area contributed by atoms with Gasteiger partial charge in [-0.25, -0.2) is 9.78 Å². The number of anilines is 1. The number of amides is 4. The zero-order chi connectivity index (χ0) is 22.3. The molecule has 1 aromatic heterocycles. The lowest BCUT2D eigenvalue weighted by Crippen LogP contribution is -2.52. The Morgan fingerprint density at radius 2 is 1.90 bits per heavy atom. The highest BCUT2D eigenvalue weighted by Gasteiger charge is 2.47. The molecule has 4 amide bonds. The number of hydrogen-bond acceptors (Lipinski definition) is 5. The van der Waals surface area contributed by atoms with E-state index in [0.29, 0.717) is 19.5 Å². The monoisotopic (exact) mass is 447 g/mol. The summed E-state index contributed by atoms with van der Waals surface area (Å²) < 4.78 is 38.3. The number of pyridine rings is 1. The van der Waals surface area contributed by atoms with Crippen LogP contribution in [0.4, 0.5) is 23.8 Å². The largest absolute Gasteiger partial charge is 0.417 e. The summed E-state index contributed by atoms with van der Waals surface area (Å²) >= 11 is 5.98. The summed E-state index contributed by atoms with van der Waals surface area (Å²) in [6.45, 7) is 4.13. The van der Waals surface area contributed by atoms with Crippen molar-refractivity contribution in [3.63, 3.8) is 0 Å². The van der Waals surface area contributed by atoms with Crippen molar-refractivity contribution in [1.29, 1.82) is 0 Å². The molecule has 1 N–H and O–H groups in total. The van der Waals surface area contributed by atoms with Gasteiger partial charge in [0.2, 0.25) is 5.91 Å². The maximum Gasteiger partial charge on any atom is 0.417 e. The zero-order valence-corrected chi connectivity index (χ0v) is 17.2. The van der Waals surface area contributed by atoms with Crippen molar-refractivity contribution in [1.82, 2.24) is 20.1 Å². The van der Waals surface area contributed by atoms with Crippen molar-refractivity contribution in [3.05, 3.63) is 22.8 Å². The molecule has 0 radical (unpaired) electrons. The maximum atomic E-state index is 12.8. The molecule has 3 heterocycles. The number of carbonyl (C=O) groups excluding carboxylic acids is 3. The number of nitrogens with one attached hydrogen (secondary N) is 1. The second-order valence-corrected chi connectivity index (χ2v) is 7.81. The molecule has 0 aromatic carbocycles. The van der Waals surface area contributed by atoms with E-state index in [2.05, 4.69) is 10.3 Å². The van der Waals surface area contributed by atoms with Crippen LogP contribution in [0.25, 0.3) is 0 Å². The number of aromatic nitrogens is 1. The van der Waals surface area contributed by atoms with E-state index in [1.165, 1.54) is 4.90 Å². The third kappa shape index (κ3) is 4.16. The molecule has 0 bridgehead atoms. The van der Waals surface area contributed by atoms with Gasteiger partial charge in [-0.15, -0.1) is 0 Å². The minimum atomic E-state index is -4.53. The smallest absolute Gasteiger partial charge is 0.352 e. The normalized spacial score (nSPS) is 22.5. The summed E-state index contributed by atoms with van der Waals surface area (Å²) in [6, 6.07) is 0.223. The molecule has 30 heavy (non-hydrogen) atoms. The van der Waals surface area contributed by atoms with Gasteiger partial charge in [0.25, 0.3) is 5.91 Å². The number of urea groups is 1. The van der Waals surface area contributed by atoms with E-state index in [0.717, 1.165) is 17.2 Å². The average Bonchev–Trinajstić information content (AvgIpc) is 2.91. The zero-order valence-electron chi connectivity index (χ0n) is 16.4. The second-order valence-electron chi connectivity index (χ2n) is 7.40. The Hall–Kier alpha value is -2.56. The lowest BCUT2D eigenvalue weighted by atomic mass is 9.99. The average molecular weight is 448 g/mol. The van der Waals surface area contributed by atoms with Crippen molar-refractivity contribution in [2.75, 3.05) is 37.6 Å². The number of piperazine rings is 1. The highest BCUT2D eigenvalue weighted by molar-refractivity contribution is 6.33. The molecule has 2 saturated heterocycles. The van der Waals surface area contributed by atoms with Gasteiger partial charge in [0.05, 0.1) is 10.6 Å². The first kappa shape index (κ1) is 22.1. The van der Waals surface area contributed by atoms with Crippen LogP contribution in [0.5, 0.6) is 0 Å². The van der Waals surface area contributed by atoms with Crippen molar-refractivity contribution in [3.8, 4) is 0 Å². The van der Waals surface area contributed by atoms with Crippen LogP contribution in [-0.4, -0.2) is 70.9 Å². The van der Waals surface area contributed by atoms with Crippen molar-refractivity contribution >= 4 is 35.3 Å². The number of carbonyl (C=O) groups is 3. The van der Waals surface area contributed by atoms with Gasteiger partial charge in [-0.05, 0) is 19.4 Å². The lowest BCUT2D eigenvalue weighted by molar-refractivity contribution is -0.139. The number of nitrogens with zero attached hydrogens (tertiary/aromatic N) is 4. The third-order valence-corrected chi connectivity index (χ3v) is 5.70. The fourth-order valence-corrected chi connectivity index (χ4v) is 3.64. The molecule has 2 aliphatic heterocycles. The maximum absolute atomic E-state index is 12.8. The Morgan fingerprint density at radius 3 is 2.40 bits per heavy atom. The summed E-state index contributed by atoms with van der Waals surface area (Å²) in [7, 11) is 0. The quantitative estimate of drug-likeness (QED) is 0.715. The van der Waals surface area contributed by atoms with E-state index in [4.69, 9.17) is 11.6 Å². The van der Waals surface area contributed by atoms with Crippen LogP contribution in [0.3, 0.4) is 0 Å². The highest BCUT2D eigenvalue weighted by atomic mass is 35.5. The van der Waals surface area contributed by atoms with E-state index in [9.17, 15) is 27.6 Å². The van der Waals surface area contributed by atoms with Gasteiger partial charge in [0, 0.05) is 32.4 Å². The Balaban J connectivity index is 1.60. The van der Waals surface area contributed by atoms with E-state index in [1.807, 2.05) is 0 Å². The summed E-state index contributed by atoms with van der Waals surface area (Å²) in [5.74, 6) is -0.614. The van der Waals surface area contributed by atoms with Gasteiger partial charge < -0.3 is 15.1 Å². The molecule has 164 valence electrons. The topological polar surface area (TPSA) is 85.8 Å². The van der Waals surface area contributed by atoms with Gasteiger partial charge in [-0.1, -0.05) is 18.5 Å². The molecule has 2 fully saturated rings. The summed E-state index contributed by atoms with van der Waals surface area (Å²) in [4.78, 5) is 45.0. The molecule has 1 unspecified atom stereocenters. The first-order valence-electron chi connectivity index (χ1n) is 9.36. The molecule has 8 nitrogen and oxygen atoms in total. The Kier molecular flexibility index (Phi) is 5.85. The van der Waals surface area contributed by atoms with Gasteiger partial charge >= 0.3 is 12.2 Å². The first-order valence-corrected chi connectivity index (χ1v) is 9.73. The van der Waals surface area contributed by atoms with Crippen molar-refractivity contribution < 1.29 is 27.6 Å². The van der Waals surface area contributed by atoms with Gasteiger partial charge in [-0.3, -0.25) is 14.5 Å². The summed E-state index contributed by atoms with van der Waals surface area (Å²) in [5, 5.41) is 2.47. The highest BCUT2D eigenvalue weighted by Crippen LogP contribution is 2.33.